The van der Waals surface area contributed by atoms with E-state index >= 15 is 0 Å². The van der Waals surface area contributed by atoms with Gasteiger partial charge >= 0.3 is 0 Å². The number of methoxy groups -OCH3 is 2. The zero-order valence-electron chi connectivity index (χ0n) is 11.4. The first kappa shape index (κ1) is 15.5. The molecule has 0 fully saturated rings. The summed E-state index contributed by atoms with van der Waals surface area (Å²) < 4.78 is 37.2. The van der Waals surface area contributed by atoms with Crippen LogP contribution >= 0.6 is 11.6 Å². The Kier molecular flexibility index (Phi) is 4.59. The van der Waals surface area contributed by atoms with Crippen LogP contribution in [0.1, 0.15) is 0 Å². The SMILES string of the molecule is COc1ccc(S(=O)(=O)Nc2[c]cc(Cl)cc2)cc1OC. The second kappa shape index (κ2) is 6.24. The summed E-state index contributed by atoms with van der Waals surface area (Å²) in [6.07, 6.45) is 0. The number of benzene rings is 2. The van der Waals surface area contributed by atoms with Crippen LogP contribution in [0.4, 0.5) is 5.69 Å². The minimum Gasteiger partial charge on any atom is -0.493 e. The highest BCUT2D eigenvalue weighted by molar-refractivity contribution is 7.92. The molecular weight excluding hydrogens is 314 g/mol. The molecule has 0 amide bonds. The molecule has 0 atom stereocenters. The molecule has 0 saturated heterocycles. The van der Waals surface area contributed by atoms with Gasteiger partial charge in [-0.15, -0.1) is 0 Å². The fourth-order valence-corrected chi connectivity index (χ4v) is 2.82. The lowest BCUT2D eigenvalue weighted by atomic mass is 10.3. The van der Waals surface area contributed by atoms with E-state index in [0.717, 1.165) is 0 Å². The van der Waals surface area contributed by atoms with E-state index in [0.29, 0.717) is 22.2 Å². The van der Waals surface area contributed by atoms with Gasteiger partial charge < -0.3 is 9.47 Å². The van der Waals surface area contributed by atoms with Crippen LogP contribution in [0.25, 0.3) is 0 Å². The Morgan fingerprint density at radius 2 is 1.81 bits per heavy atom. The van der Waals surface area contributed by atoms with Gasteiger partial charge in [0.1, 0.15) is 0 Å². The molecule has 111 valence electrons. The number of anilines is 1. The summed E-state index contributed by atoms with van der Waals surface area (Å²) in [5, 5.41) is 0.476. The largest absolute Gasteiger partial charge is 0.493 e. The highest BCUT2D eigenvalue weighted by Gasteiger charge is 2.17. The Morgan fingerprint density at radius 3 is 2.38 bits per heavy atom. The Bertz CT molecular complexity index is 729. The molecule has 0 unspecified atom stereocenters. The predicted octanol–water partition coefficient (Wildman–Crippen LogP) is 2.96. The van der Waals surface area contributed by atoms with Gasteiger partial charge in [-0.2, -0.15) is 0 Å². The molecule has 2 aromatic carbocycles. The van der Waals surface area contributed by atoms with Crippen LogP contribution in [0.5, 0.6) is 11.5 Å². The summed E-state index contributed by atoms with van der Waals surface area (Å²) in [4.78, 5) is 0.0588. The Morgan fingerprint density at radius 1 is 1.10 bits per heavy atom. The van der Waals surface area contributed by atoms with Gasteiger partial charge in [-0.3, -0.25) is 4.72 Å². The number of nitrogens with one attached hydrogen (secondary N) is 1. The number of halogens is 1. The maximum absolute atomic E-state index is 12.3. The smallest absolute Gasteiger partial charge is 0.262 e. The summed E-state index contributed by atoms with van der Waals surface area (Å²) in [6.45, 7) is 0. The quantitative estimate of drug-likeness (QED) is 0.917. The van der Waals surface area contributed by atoms with Crippen LogP contribution in [0, 0.1) is 6.07 Å². The van der Waals surface area contributed by atoms with Gasteiger partial charge in [0.25, 0.3) is 10.0 Å². The second-order valence-electron chi connectivity index (χ2n) is 4.04. The molecule has 2 aromatic rings. The van der Waals surface area contributed by atoms with Gasteiger partial charge in [-0.1, -0.05) is 11.6 Å². The Hall–Kier alpha value is -1.92. The highest BCUT2D eigenvalue weighted by atomic mass is 35.5. The molecule has 21 heavy (non-hydrogen) atoms. The van der Waals surface area contributed by atoms with Crippen LogP contribution in [-0.2, 0) is 10.0 Å². The van der Waals surface area contributed by atoms with E-state index < -0.39 is 10.0 Å². The third-order valence-corrected chi connectivity index (χ3v) is 4.28. The van der Waals surface area contributed by atoms with Gasteiger partial charge in [-0.05, 0) is 30.3 Å². The maximum Gasteiger partial charge on any atom is 0.262 e. The molecule has 0 spiro atoms. The Labute approximate surface area is 128 Å². The van der Waals surface area contributed by atoms with Crippen molar-refractivity contribution in [3.05, 3.63) is 47.5 Å². The fraction of sp³-hybridized carbons (Fsp3) is 0.143. The Balaban J connectivity index is 2.33. The van der Waals surface area contributed by atoms with E-state index in [1.165, 1.54) is 44.6 Å². The van der Waals surface area contributed by atoms with Gasteiger partial charge in [-0.25, -0.2) is 8.42 Å². The predicted molar refractivity (Wildman–Crippen MR) is 80.6 cm³/mol. The third-order valence-electron chi connectivity index (χ3n) is 2.68. The van der Waals surface area contributed by atoms with E-state index in [4.69, 9.17) is 21.1 Å². The minimum atomic E-state index is -3.74. The monoisotopic (exact) mass is 326 g/mol. The van der Waals surface area contributed by atoms with Crippen LogP contribution in [0.3, 0.4) is 0 Å². The van der Waals surface area contributed by atoms with Gasteiger partial charge in [0.05, 0.1) is 24.8 Å². The standard InChI is InChI=1S/C14H13ClNO4S/c1-19-13-8-7-12(9-14(13)20-2)21(17,18)16-11-5-3-10(15)4-6-11/h3-5,7-9,16H,1-2H3. The molecule has 0 aliphatic rings. The van der Waals surface area contributed by atoms with Crippen LogP contribution < -0.4 is 14.2 Å². The zero-order valence-corrected chi connectivity index (χ0v) is 13.0. The van der Waals surface area contributed by atoms with Crippen molar-refractivity contribution in [1.82, 2.24) is 0 Å². The number of sulfonamides is 1. The average Bonchev–Trinajstić information content (AvgIpc) is 2.48. The molecule has 5 nitrogen and oxygen atoms in total. The molecular formula is C14H13ClNO4S. The second-order valence-corrected chi connectivity index (χ2v) is 6.16. The zero-order chi connectivity index (χ0) is 15.5. The molecule has 0 aliphatic heterocycles. The maximum atomic E-state index is 12.3. The lowest BCUT2D eigenvalue weighted by Crippen LogP contribution is -2.13. The van der Waals surface area contributed by atoms with Crippen LogP contribution in [-0.4, -0.2) is 22.6 Å². The molecule has 0 heterocycles. The van der Waals surface area contributed by atoms with Gasteiger partial charge in [0.2, 0.25) is 0 Å². The van der Waals surface area contributed by atoms with Crippen molar-refractivity contribution in [2.24, 2.45) is 0 Å². The van der Waals surface area contributed by atoms with Crippen molar-refractivity contribution in [3.8, 4) is 11.5 Å². The molecule has 7 heteroatoms. The van der Waals surface area contributed by atoms with Crippen molar-refractivity contribution in [3.63, 3.8) is 0 Å². The molecule has 2 rings (SSSR count). The molecule has 0 saturated carbocycles. The van der Waals surface area contributed by atoms with Crippen molar-refractivity contribution in [1.29, 1.82) is 0 Å². The highest BCUT2D eigenvalue weighted by Crippen LogP contribution is 2.30. The third kappa shape index (κ3) is 3.59. The summed E-state index contributed by atoms with van der Waals surface area (Å²) in [5.41, 5.74) is 0.300. The number of rotatable bonds is 5. The van der Waals surface area contributed by atoms with E-state index in [1.807, 2.05) is 0 Å². The molecule has 0 bridgehead atoms. The topological polar surface area (TPSA) is 64.6 Å². The van der Waals surface area contributed by atoms with Crippen LogP contribution in [0.2, 0.25) is 5.02 Å². The average molecular weight is 327 g/mol. The lowest BCUT2D eigenvalue weighted by Gasteiger charge is -2.11. The summed E-state index contributed by atoms with van der Waals surface area (Å²) in [5.74, 6) is 0.787. The van der Waals surface area contributed by atoms with Crippen molar-refractivity contribution < 1.29 is 17.9 Å². The number of ether oxygens (including phenoxy) is 2. The molecule has 1 radical (unpaired) electrons. The lowest BCUT2D eigenvalue weighted by molar-refractivity contribution is 0.354. The van der Waals surface area contributed by atoms with Crippen LogP contribution in [0.15, 0.2) is 41.3 Å². The van der Waals surface area contributed by atoms with E-state index in [2.05, 4.69) is 10.8 Å². The first-order valence-corrected chi connectivity index (χ1v) is 7.74. The summed E-state index contributed by atoms with van der Waals surface area (Å²) >= 11 is 5.73. The molecule has 0 aromatic heterocycles. The number of hydrogen-bond donors (Lipinski definition) is 1. The van der Waals surface area contributed by atoms with Gasteiger partial charge in [0.15, 0.2) is 11.5 Å². The summed E-state index contributed by atoms with van der Waals surface area (Å²) in [7, 11) is -0.825. The number of hydrogen-bond acceptors (Lipinski definition) is 4. The minimum absolute atomic E-state index is 0.0588. The normalized spacial score (nSPS) is 11.0. The van der Waals surface area contributed by atoms with Crippen molar-refractivity contribution in [2.45, 2.75) is 4.90 Å². The van der Waals surface area contributed by atoms with Gasteiger partial charge in [0, 0.05) is 17.2 Å². The first-order chi connectivity index (χ1) is 9.96. The van der Waals surface area contributed by atoms with E-state index in [9.17, 15) is 8.42 Å². The fourth-order valence-electron chi connectivity index (χ4n) is 1.66. The van der Waals surface area contributed by atoms with E-state index in [-0.39, 0.29) is 4.90 Å². The first-order valence-electron chi connectivity index (χ1n) is 5.88. The molecule has 1 N–H and O–H groups in total. The van der Waals surface area contributed by atoms with Crippen molar-refractivity contribution >= 4 is 27.3 Å². The van der Waals surface area contributed by atoms with Crippen molar-refractivity contribution in [2.75, 3.05) is 18.9 Å². The molecule has 0 aliphatic carbocycles. The van der Waals surface area contributed by atoms with E-state index in [1.54, 1.807) is 6.07 Å². The summed E-state index contributed by atoms with van der Waals surface area (Å²) in [6, 6.07) is 11.7.